The highest BCUT2D eigenvalue weighted by Crippen LogP contribution is 2.17. The summed E-state index contributed by atoms with van der Waals surface area (Å²) in [5.74, 6) is -0.548. The smallest absolute Gasteiger partial charge is 0.306 e. The van der Waals surface area contributed by atoms with Gasteiger partial charge in [-0.05, 0) is 64.2 Å². The molecule has 6 heteroatoms. The molecule has 0 rings (SSSR count). The number of rotatable bonds is 43. The lowest BCUT2D eigenvalue weighted by Gasteiger charge is -2.24. The van der Waals surface area contributed by atoms with Crippen molar-refractivity contribution in [1.82, 2.24) is 5.32 Å². The molecule has 0 aromatic rings. The van der Waals surface area contributed by atoms with Crippen molar-refractivity contribution in [3.63, 3.8) is 0 Å². The maximum atomic E-state index is 13.1. The number of esters is 1. The summed E-state index contributed by atoms with van der Waals surface area (Å²) in [6.45, 7) is 6.30. The first-order chi connectivity index (χ1) is 28.5. The van der Waals surface area contributed by atoms with E-state index in [2.05, 4.69) is 50.4 Å². The van der Waals surface area contributed by atoms with Gasteiger partial charge in [-0.1, -0.05) is 216 Å². The molecule has 0 aliphatic carbocycles. The molecule has 0 spiro atoms. The minimum absolute atomic E-state index is 0.0291. The molecule has 0 fully saturated rings. The molecule has 58 heavy (non-hydrogen) atoms. The van der Waals surface area contributed by atoms with Crippen LogP contribution < -0.4 is 5.32 Å². The molecule has 0 bridgehead atoms. The van der Waals surface area contributed by atoms with Gasteiger partial charge in [-0.3, -0.25) is 9.59 Å². The van der Waals surface area contributed by atoms with Crippen LogP contribution in [0.4, 0.5) is 0 Å². The summed E-state index contributed by atoms with van der Waals surface area (Å²) in [4.78, 5) is 26.0. The highest BCUT2D eigenvalue weighted by Gasteiger charge is 2.24. The summed E-state index contributed by atoms with van der Waals surface area (Å²) in [5, 5.41) is 23.6. The minimum atomic E-state index is -0.805. The Bertz CT molecular complexity index is 1050. The lowest BCUT2D eigenvalue weighted by molar-refractivity contribution is -0.151. The van der Waals surface area contributed by atoms with E-state index in [-0.39, 0.29) is 24.9 Å². The molecule has 6 nitrogen and oxygen atoms in total. The molecule has 336 valence electrons. The van der Waals surface area contributed by atoms with Crippen molar-refractivity contribution in [3.8, 4) is 0 Å². The van der Waals surface area contributed by atoms with E-state index in [1.807, 2.05) is 36.5 Å². The Morgan fingerprint density at radius 2 is 0.966 bits per heavy atom. The van der Waals surface area contributed by atoms with Crippen LogP contribution in [0.3, 0.4) is 0 Å². The molecule has 0 saturated carbocycles. The van der Waals surface area contributed by atoms with Crippen molar-refractivity contribution >= 4 is 11.9 Å². The van der Waals surface area contributed by atoms with Crippen molar-refractivity contribution in [2.24, 2.45) is 0 Å². The van der Waals surface area contributed by atoms with E-state index in [1.54, 1.807) is 0 Å². The largest absolute Gasteiger partial charge is 0.462 e. The molecule has 0 aliphatic heterocycles. The number of nitrogens with one attached hydrogen (secondary N) is 1. The number of aliphatic hydroxyl groups is 2. The van der Waals surface area contributed by atoms with Gasteiger partial charge in [-0.2, -0.15) is 0 Å². The van der Waals surface area contributed by atoms with Gasteiger partial charge in [0, 0.05) is 6.42 Å². The summed E-state index contributed by atoms with van der Waals surface area (Å²) >= 11 is 0. The Kier molecular flexibility index (Phi) is 43.7. The monoisotopic (exact) mass is 812 g/mol. The molecule has 3 atom stereocenters. The first-order valence-corrected chi connectivity index (χ1v) is 24.6. The van der Waals surface area contributed by atoms with Crippen LogP contribution in [0, 0.1) is 0 Å². The number of unbranched alkanes of at least 4 members (excludes halogenated alkanes) is 24. The summed E-state index contributed by atoms with van der Waals surface area (Å²) in [6.07, 6.45) is 55.8. The Balaban J connectivity index is 4.60. The van der Waals surface area contributed by atoms with Gasteiger partial charge in [0.25, 0.3) is 0 Å². The van der Waals surface area contributed by atoms with Crippen LogP contribution in [-0.2, 0) is 14.3 Å². The second kappa shape index (κ2) is 45.6. The van der Waals surface area contributed by atoms with Crippen LogP contribution in [0.15, 0.2) is 60.8 Å². The average Bonchev–Trinajstić information content (AvgIpc) is 3.22. The van der Waals surface area contributed by atoms with E-state index in [0.29, 0.717) is 19.3 Å². The summed E-state index contributed by atoms with van der Waals surface area (Å²) in [7, 11) is 0. The fourth-order valence-electron chi connectivity index (χ4n) is 7.21. The van der Waals surface area contributed by atoms with Crippen LogP contribution in [-0.4, -0.2) is 46.9 Å². The normalized spacial score (nSPS) is 13.8. The third-order valence-electron chi connectivity index (χ3n) is 10.9. The zero-order valence-electron chi connectivity index (χ0n) is 38.2. The number of aliphatic hydroxyl groups excluding tert-OH is 2. The first-order valence-electron chi connectivity index (χ1n) is 24.6. The zero-order valence-corrected chi connectivity index (χ0v) is 38.2. The van der Waals surface area contributed by atoms with Crippen LogP contribution in [0.5, 0.6) is 0 Å². The Hall–Kier alpha value is -2.44. The summed E-state index contributed by atoms with van der Waals surface area (Å²) in [6, 6.07) is -0.723. The predicted octanol–water partition coefficient (Wildman–Crippen LogP) is 14.5. The molecule has 0 aromatic heterocycles. The average molecular weight is 812 g/mol. The van der Waals surface area contributed by atoms with Gasteiger partial charge in [0.2, 0.25) is 5.91 Å². The number of carbonyl (C=O) groups excluding carboxylic acids is 2. The Labute approximate surface area is 358 Å². The van der Waals surface area contributed by atoms with Gasteiger partial charge in [-0.25, -0.2) is 0 Å². The lowest BCUT2D eigenvalue weighted by atomic mass is 10.0. The third kappa shape index (κ3) is 40.3. The van der Waals surface area contributed by atoms with E-state index in [9.17, 15) is 19.8 Å². The number of hydrogen-bond donors (Lipinski definition) is 3. The lowest BCUT2D eigenvalue weighted by Crippen LogP contribution is -2.46. The topological polar surface area (TPSA) is 95.9 Å². The molecule has 0 aliphatic rings. The number of amides is 1. The quantitative estimate of drug-likeness (QED) is 0.0247. The van der Waals surface area contributed by atoms with E-state index in [0.717, 1.165) is 57.8 Å². The molecule has 0 saturated heterocycles. The van der Waals surface area contributed by atoms with Gasteiger partial charge >= 0.3 is 5.97 Å². The first kappa shape index (κ1) is 55.6. The predicted molar refractivity (Wildman–Crippen MR) is 250 cm³/mol. The maximum Gasteiger partial charge on any atom is 0.306 e. The van der Waals surface area contributed by atoms with Crippen LogP contribution in [0.1, 0.15) is 233 Å². The molecule has 1 amide bonds. The second-order valence-electron chi connectivity index (χ2n) is 16.6. The number of hydrogen-bond acceptors (Lipinski definition) is 5. The van der Waals surface area contributed by atoms with Gasteiger partial charge < -0.3 is 20.3 Å². The molecule has 0 radical (unpaired) electrons. The van der Waals surface area contributed by atoms with Crippen LogP contribution >= 0.6 is 0 Å². The summed E-state index contributed by atoms with van der Waals surface area (Å²) in [5.41, 5.74) is 0. The standard InChI is InChI=1S/C52H93NO5/c1-4-7-10-13-16-19-22-23-24-25-26-27-30-33-36-39-42-45-52(57)58-48(43-40-37-34-31-28-20-17-14-11-8-5-2)46-51(56)53-49(47-54)50(55)44-41-38-35-32-29-21-18-15-12-9-6-3/h8,11,14,17,20,23-24,28,31,34,48-50,54-55H,4-7,9-10,12-13,15-16,18-19,21-22,25-27,29-30,32-33,35-47H2,1-3H3,(H,53,56)/b11-8+,17-14+,24-23+,28-20-,34-31-. The SMILES string of the molecule is CC/C=C/C=C/C=C\C=C/CCCC(CC(=O)NC(CO)C(O)CCCCCCCCCCCCC)OC(=O)CCCCCCCCC/C=C/CCCCCCCC. The van der Waals surface area contributed by atoms with E-state index in [1.165, 1.54) is 128 Å². The molecule has 3 N–H and O–H groups in total. The fraction of sp³-hybridized carbons (Fsp3) is 0.769. The van der Waals surface area contributed by atoms with E-state index >= 15 is 0 Å². The summed E-state index contributed by atoms with van der Waals surface area (Å²) < 4.78 is 5.88. The van der Waals surface area contributed by atoms with Crippen LogP contribution in [0.2, 0.25) is 0 Å². The van der Waals surface area contributed by atoms with Gasteiger partial charge in [0.1, 0.15) is 6.10 Å². The maximum absolute atomic E-state index is 13.1. The number of ether oxygens (including phenoxy) is 1. The highest BCUT2D eigenvalue weighted by molar-refractivity contribution is 5.77. The van der Waals surface area contributed by atoms with Crippen molar-refractivity contribution in [1.29, 1.82) is 0 Å². The van der Waals surface area contributed by atoms with Gasteiger partial charge in [0.15, 0.2) is 0 Å². The minimum Gasteiger partial charge on any atom is -0.462 e. The molecule has 3 unspecified atom stereocenters. The van der Waals surface area contributed by atoms with Crippen molar-refractivity contribution in [3.05, 3.63) is 60.8 Å². The Morgan fingerprint density at radius 1 is 0.517 bits per heavy atom. The molecule has 0 heterocycles. The Morgan fingerprint density at radius 3 is 1.48 bits per heavy atom. The van der Waals surface area contributed by atoms with E-state index in [4.69, 9.17) is 4.74 Å². The van der Waals surface area contributed by atoms with Crippen molar-refractivity contribution in [2.45, 2.75) is 251 Å². The van der Waals surface area contributed by atoms with Gasteiger partial charge in [-0.15, -0.1) is 0 Å². The fourth-order valence-corrected chi connectivity index (χ4v) is 7.21. The van der Waals surface area contributed by atoms with Gasteiger partial charge in [0.05, 0.1) is 25.2 Å². The van der Waals surface area contributed by atoms with Crippen LogP contribution in [0.25, 0.3) is 0 Å². The molecular formula is C52H93NO5. The van der Waals surface area contributed by atoms with Crippen molar-refractivity contribution < 1.29 is 24.5 Å². The highest BCUT2D eigenvalue weighted by atomic mass is 16.5. The third-order valence-corrected chi connectivity index (χ3v) is 10.9. The zero-order chi connectivity index (χ0) is 42.4. The second-order valence-corrected chi connectivity index (χ2v) is 16.6. The molecule has 0 aromatic carbocycles. The van der Waals surface area contributed by atoms with E-state index < -0.39 is 18.2 Å². The number of carbonyl (C=O) groups is 2. The number of allylic oxidation sites excluding steroid dienone is 10. The van der Waals surface area contributed by atoms with Crippen molar-refractivity contribution in [2.75, 3.05) is 6.61 Å². The molecular weight excluding hydrogens is 719 g/mol.